The number of hydrogen-bond donors (Lipinski definition) is 2. The quantitative estimate of drug-likeness (QED) is 0.437. The second kappa shape index (κ2) is 10.2. The van der Waals surface area contributed by atoms with Crippen LogP contribution in [0.1, 0.15) is 18.5 Å². The van der Waals surface area contributed by atoms with Gasteiger partial charge in [0.15, 0.2) is 5.96 Å². The van der Waals surface area contributed by atoms with E-state index in [0.717, 1.165) is 44.7 Å². The fraction of sp³-hybridized carbons (Fsp3) is 0.647. The maximum atomic E-state index is 5.90. The van der Waals surface area contributed by atoms with E-state index in [-0.39, 0.29) is 0 Å². The standard InChI is InChI=1S/C17H30N6/c1-22-11-5-13-23(15-14-22)12-4-9-20-17(18)21-10-7-16-6-2-3-8-19-16/h2-3,6,8H,4-5,7,9-15H2,1H3,(H3,18,20,21). The number of hydrogen-bond acceptors (Lipinski definition) is 4. The smallest absolute Gasteiger partial charge is 0.188 e. The summed E-state index contributed by atoms with van der Waals surface area (Å²) in [7, 11) is 2.20. The van der Waals surface area contributed by atoms with Crippen molar-refractivity contribution in [2.45, 2.75) is 19.3 Å². The van der Waals surface area contributed by atoms with Crippen LogP contribution in [0, 0.1) is 0 Å². The molecule has 0 radical (unpaired) electrons. The summed E-state index contributed by atoms with van der Waals surface area (Å²) in [4.78, 5) is 13.6. The number of nitrogens with zero attached hydrogens (tertiary/aromatic N) is 4. The van der Waals surface area contributed by atoms with Gasteiger partial charge in [-0.05, 0) is 51.7 Å². The van der Waals surface area contributed by atoms with E-state index < -0.39 is 0 Å². The summed E-state index contributed by atoms with van der Waals surface area (Å²) in [6.07, 6.45) is 5.00. The Morgan fingerprint density at radius 1 is 1.30 bits per heavy atom. The van der Waals surface area contributed by atoms with Crippen molar-refractivity contribution in [3.05, 3.63) is 30.1 Å². The Balaban J connectivity index is 1.56. The number of nitrogens with two attached hydrogens (primary N) is 1. The molecule has 3 N–H and O–H groups in total. The molecule has 6 heteroatoms. The molecule has 23 heavy (non-hydrogen) atoms. The van der Waals surface area contributed by atoms with Crippen molar-refractivity contribution in [2.24, 2.45) is 10.7 Å². The summed E-state index contributed by atoms with van der Waals surface area (Å²) in [5.41, 5.74) is 6.97. The molecule has 6 nitrogen and oxygen atoms in total. The fourth-order valence-corrected chi connectivity index (χ4v) is 2.74. The van der Waals surface area contributed by atoms with Crippen LogP contribution in [0.4, 0.5) is 0 Å². The highest BCUT2D eigenvalue weighted by atomic mass is 15.2. The topological polar surface area (TPSA) is 69.8 Å². The molecule has 1 saturated heterocycles. The molecule has 0 atom stereocenters. The molecule has 0 aliphatic carbocycles. The molecule has 1 aliphatic heterocycles. The Morgan fingerprint density at radius 2 is 2.22 bits per heavy atom. The largest absolute Gasteiger partial charge is 0.370 e. The molecule has 128 valence electrons. The summed E-state index contributed by atoms with van der Waals surface area (Å²) < 4.78 is 0. The van der Waals surface area contributed by atoms with E-state index in [1.54, 1.807) is 0 Å². The Hall–Kier alpha value is -1.66. The average molecular weight is 318 g/mol. The lowest BCUT2D eigenvalue weighted by molar-refractivity contribution is 0.275. The molecule has 2 rings (SSSR count). The molecule has 0 saturated carbocycles. The van der Waals surface area contributed by atoms with Crippen molar-refractivity contribution in [3.8, 4) is 0 Å². The number of pyridine rings is 1. The van der Waals surface area contributed by atoms with E-state index >= 15 is 0 Å². The van der Waals surface area contributed by atoms with Crippen LogP contribution in [-0.2, 0) is 6.42 Å². The van der Waals surface area contributed by atoms with Crippen LogP contribution < -0.4 is 11.1 Å². The van der Waals surface area contributed by atoms with Crippen LogP contribution in [0.25, 0.3) is 0 Å². The monoisotopic (exact) mass is 318 g/mol. The molecule has 1 aromatic rings. The Labute approximate surface area is 139 Å². The molecular weight excluding hydrogens is 288 g/mol. The fourth-order valence-electron chi connectivity index (χ4n) is 2.74. The molecule has 0 amide bonds. The first-order valence-corrected chi connectivity index (χ1v) is 8.58. The van der Waals surface area contributed by atoms with Gasteiger partial charge in [-0.25, -0.2) is 0 Å². The summed E-state index contributed by atoms with van der Waals surface area (Å²) >= 11 is 0. The second-order valence-electron chi connectivity index (χ2n) is 6.12. The van der Waals surface area contributed by atoms with E-state index in [4.69, 9.17) is 5.73 Å². The van der Waals surface area contributed by atoms with E-state index in [1.165, 1.54) is 26.1 Å². The molecule has 0 spiro atoms. The van der Waals surface area contributed by atoms with Gasteiger partial charge in [-0.2, -0.15) is 0 Å². The van der Waals surface area contributed by atoms with Crippen molar-refractivity contribution >= 4 is 5.96 Å². The first-order valence-electron chi connectivity index (χ1n) is 8.58. The number of likely N-dealkylation sites (N-methyl/N-ethyl adjacent to an activating group) is 1. The highest BCUT2D eigenvalue weighted by molar-refractivity contribution is 5.77. The van der Waals surface area contributed by atoms with E-state index in [0.29, 0.717) is 5.96 Å². The minimum atomic E-state index is 0.538. The van der Waals surface area contributed by atoms with Gasteiger partial charge in [-0.1, -0.05) is 6.07 Å². The van der Waals surface area contributed by atoms with Crippen molar-refractivity contribution < 1.29 is 0 Å². The number of nitrogens with one attached hydrogen (secondary N) is 1. The number of aliphatic imine (C=N–C) groups is 1. The third kappa shape index (κ3) is 7.43. The summed E-state index contributed by atoms with van der Waals surface area (Å²) in [6, 6.07) is 5.95. The van der Waals surface area contributed by atoms with Gasteiger partial charge in [0.1, 0.15) is 0 Å². The predicted octanol–water partition coefficient (Wildman–Crippen LogP) is 0.556. The van der Waals surface area contributed by atoms with E-state index in [9.17, 15) is 0 Å². The molecule has 1 aromatic heterocycles. The summed E-state index contributed by atoms with van der Waals surface area (Å²) in [5, 5.41) is 3.15. The van der Waals surface area contributed by atoms with Crippen LogP contribution in [0.15, 0.2) is 29.4 Å². The van der Waals surface area contributed by atoms with E-state index in [2.05, 4.69) is 32.1 Å². The lowest BCUT2D eigenvalue weighted by Gasteiger charge is -2.19. The van der Waals surface area contributed by atoms with Crippen LogP contribution in [-0.4, -0.2) is 73.6 Å². The number of aromatic nitrogens is 1. The molecular formula is C17H30N6. The predicted molar refractivity (Wildman–Crippen MR) is 95.6 cm³/mol. The first-order chi connectivity index (χ1) is 11.2. The van der Waals surface area contributed by atoms with Gasteiger partial charge in [0.2, 0.25) is 0 Å². The normalized spacial score (nSPS) is 17.9. The SMILES string of the molecule is CN1CCCN(CCCN=C(N)NCCc2ccccn2)CC1. The zero-order valence-electron chi connectivity index (χ0n) is 14.2. The number of rotatable bonds is 7. The van der Waals surface area contributed by atoms with Crippen LogP contribution >= 0.6 is 0 Å². The Morgan fingerprint density at radius 3 is 3.04 bits per heavy atom. The number of guanidine groups is 1. The Bertz CT molecular complexity index is 461. The molecule has 0 bridgehead atoms. The van der Waals surface area contributed by atoms with Gasteiger partial charge >= 0.3 is 0 Å². The van der Waals surface area contributed by atoms with Gasteiger partial charge in [0, 0.05) is 44.5 Å². The second-order valence-corrected chi connectivity index (χ2v) is 6.12. The minimum Gasteiger partial charge on any atom is -0.370 e. The summed E-state index contributed by atoms with van der Waals surface area (Å²) in [6.45, 7) is 7.41. The van der Waals surface area contributed by atoms with Gasteiger partial charge < -0.3 is 20.9 Å². The zero-order valence-corrected chi connectivity index (χ0v) is 14.2. The maximum absolute atomic E-state index is 5.90. The Kier molecular flexibility index (Phi) is 7.83. The van der Waals surface area contributed by atoms with Crippen LogP contribution in [0.2, 0.25) is 0 Å². The zero-order chi connectivity index (χ0) is 16.3. The molecule has 2 heterocycles. The lowest BCUT2D eigenvalue weighted by atomic mass is 10.3. The third-order valence-electron chi connectivity index (χ3n) is 4.14. The van der Waals surface area contributed by atoms with Crippen molar-refractivity contribution in [1.29, 1.82) is 0 Å². The molecule has 0 unspecified atom stereocenters. The van der Waals surface area contributed by atoms with Gasteiger partial charge in [0.05, 0.1) is 0 Å². The lowest BCUT2D eigenvalue weighted by Crippen LogP contribution is -2.34. The maximum Gasteiger partial charge on any atom is 0.188 e. The highest BCUT2D eigenvalue weighted by Gasteiger charge is 2.10. The van der Waals surface area contributed by atoms with Gasteiger partial charge in [-0.3, -0.25) is 9.98 Å². The highest BCUT2D eigenvalue weighted by Crippen LogP contribution is 2.01. The van der Waals surface area contributed by atoms with Crippen molar-refractivity contribution in [2.75, 3.05) is 52.9 Å². The minimum absolute atomic E-state index is 0.538. The van der Waals surface area contributed by atoms with Crippen molar-refractivity contribution in [3.63, 3.8) is 0 Å². The first kappa shape index (κ1) is 17.7. The van der Waals surface area contributed by atoms with Gasteiger partial charge in [-0.15, -0.1) is 0 Å². The van der Waals surface area contributed by atoms with Crippen LogP contribution in [0.5, 0.6) is 0 Å². The van der Waals surface area contributed by atoms with E-state index in [1.807, 2.05) is 24.4 Å². The average Bonchev–Trinajstić information content (AvgIpc) is 2.77. The molecule has 0 aromatic carbocycles. The van der Waals surface area contributed by atoms with Gasteiger partial charge in [0.25, 0.3) is 0 Å². The summed E-state index contributed by atoms with van der Waals surface area (Å²) in [5.74, 6) is 0.538. The third-order valence-corrected chi connectivity index (χ3v) is 4.14. The van der Waals surface area contributed by atoms with Crippen molar-refractivity contribution in [1.82, 2.24) is 20.1 Å². The van der Waals surface area contributed by atoms with Crippen LogP contribution in [0.3, 0.4) is 0 Å². The molecule has 1 fully saturated rings. The molecule has 1 aliphatic rings.